The Labute approximate surface area is 191 Å². The van der Waals surface area contributed by atoms with Gasteiger partial charge in [0.25, 0.3) is 0 Å². The lowest BCUT2D eigenvalue weighted by molar-refractivity contribution is -0.190. The standard InChI is InChI=1S/C22H29N7O4/c1-2-6-29(33-7-5-25-22(31)32)21(30)16-8-15-4-3-14(9-18(15)28-19(24)10-16)17-12-26-20(11-23)27-13-17/h3-4,9,12-13,16,25H,2,5-8,10-11,23H2,1H3,(H2,24,28)(H,31,32). The number of amidine groups is 1. The van der Waals surface area contributed by atoms with Gasteiger partial charge in [-0.2, -0.15) is 0 Å². The molecule has 2 amide bonds. The number of hydroxylamine groups is 2. The van der Waals surface area contributed by atoms with Crippen LogP contribution in [0.2, 0.25) is 0 Å². The third-order valence-corrected chi connectivity index (χ3v) is 5.14. The van der Waals surface area contributed by atoms with Gasteiger partial charge in [0.05, 0.1) is 24.8 Å². The molecule has 0 aliphatic carbocycles. The first-order valence-electron chi connectivity index (χ1n) is 10.8. The van der Waals surface area contributed by atoms with Crippen molar-refractivity contribution in [3.05, 3.63) is 42.0 Å². The highest BCUT2D eigenvalue weighted by atomic mass is 16.7. The van der Waals surface area contributed by atoms with E-state index >= 15 is 0 Å². The summed E-state index contributed by atoms with van der Waals surface area (Å²) in [5, 5.41) is 12.2. The Hall–Kier alpha value is -3.57. The third-order valence-electron chi connectivity index (χ3n) is 5.14. The molecule has 0 bridgehead atoms. The number of aliphatic imine (C=N–C) groups is 1. The van der Waals surface area contributed by atoms with Crippen LogP contribution >= 0.6 is 0 Å². The fourth-order valence-corrected chi connectivity index (χ4v) is 3.55. The Bertz CT molecular complexity index is 1010. The van der Waals surface area contributed by atoms with Crippen LogP contribution in [0.1, 0.15) is 31.2 Å². The number of nitrogens with one attached hydrogen (secondary N) is 1. The summed E-state index contributed by atoms with van der Waals surface area (Å²) in [4.78, 5) is 42.4. The van der Waals surface area contributed by atoms with Crippen molar-refractivity contribution in [2.75, 3.05) is 19.7 Å². The zero-order valence-corrected chi connectivity index (χ0v) is 18.5. The molecule has 2 aromatic rings. The molecule has 11 heteroatoms. The molecule has 0 radical (unpaired) electrons. The molecule has 2 heterocycles. The van der Waals surface area contributed by atoms with Crippen LogP contribution in [0, 0.1) is 5.92 Å². The van der Waals surface area contributed by atoms with Crippen molar-refractivity contribution in [3.63, 3.8) is 0 Å². The first-order valence-corrected chi connectivity index (χ1v) is 10.8. The Kier molecular flexibility index (Phi) is 8.28. The molecule has 0 saturated heterocycles. The van der Waals surface area contributed by atoms with E-state index in [1.807, 2.05) is 25.1 Å². The van der Waals surface area contributed by atoms with Gasteiger partial charge in [0.15, 0.2) is 0 Å². The van der Waals surface area contributed by atoms with E-state index in [2.05, 4.69) is 20.3 Å². The minimum atomic E-state index is -1.14. The van der Waals surface area contributed by atoms with E-state index in [9.17, 15) is 9.59 Å². The zero-order valence-electron chi connectivity index (χ0n) is 18.5. The molecule has 1 aliphatic heterocycles. The van der Waals surface area contributed by atoms with E-state index in [0.717, 1.165) is 16.7 Å². The molecule has 0 spiro atoms. The highest BCUT2D eigenvalue weighted by Crippen LogP contribution is 2.32. The van der Waals surface area contributed by atoms with Crippen molar-refractivity contribution in [2.24, 2.45) is 22.4 Å². The third kappa shape index (κ3) is 6.46. The molecule has 176 valence electrons. The number of hydrogen-bond donors (Lipinski definition) is 4. The number of hydrogen-bond acceptors (Lipinski definition) is 8. The number of carbonyl (C=O) groups excluding carboxylic acids is 1. The van der Waals surface area contributed by atoms with E-state index < -0.39 is 12.0 Å². The smallest absolute Gasteiger partial charge is 0.404 e. The van der Waals surface area contributed by atoms with Gasteiger partial charge in [-0.25, -0.2) is 24.8 Å². The predicted octanol–water partition coefficient (Wildman–Crippen LogP) is 1.59. The Balaban J connectivity index is 1.76. The number of nitrogens with zero attached hydrogens (tertiary/aromatic N) is 4. The average molecular weight is 456 g/mol. The van der Waals surface area contributed by atoms with Crippen molar-refractivity contribution in [2.45, 2.75) is 32.7 Å². The van der Waals surface area contributed by atoms with Crippen molar-refractivity contribution in [1.82, 2.24) is 20.3 Å². The number of carboxylic acid groups (broad SMARTS) is 1. The van der Waals surface area contributed by atoms with E-state index in [1.165, 1.54) is 5.06 Å². The maximum atomic E-state index is 13.2. The summed E-state index contributed by atoms with van der Waals surface area (Å²) in [5.41, 5.74) is 15.1. The first-order chi connectivity index (χ1) is 15.9. The number of benzene rings is 1. The predicted molar refractivity (Wildman–Crippen MR) is 122 cm³/mol. The molecule has 0 saturated carbocycles. The summed E-state index contributed by atoms with van der Waals surface area (Å²) in [7, 11) is 0. The van der Waals surface area contributed by atoms with E-state index in [1.54, 1.807) is 12.4 Å². The molecule has 11 nitrogen and oxygen atoms in total. The summed E-state index contributed by atoms with van der Waals surface area (Å²) in [5.74, 6) is 0.290. The highest BCUT2D eigenvalue weighted by molar-refractivity contribution is 5.91. The second-order valence-electron chi connectivity index (χ2n) is 7.65. The fraction of sp³-hybridized carbons (Fsp3) is 0.409. The van der Waals surface area contributed by atoms with Crippen molar-refractivity contribution in [1.29, 1.82) is 0 Å². The van der Waals surface area contributed by atoms with Gasteiger partial charge in [-0.15, -0.1) is 0 Å². The molecule has 1 aliphatic rings. The normalized spacial score (nSPS) is 15.2. The van der Waals surface area contributed by atoms with Crippen LogP contribution in [0.15, 0.2) is 35.6 Å². The summed E-state index contributed by atoms with van der Waals surface area (Å²) in [6.07, 6.45) is 3.74. The van der Waals surface area contributed by atoms with Crippen LogP contribution in [-0.2, 0) is 22.6 Å². The number of aromatic nitrogens is 2. The van der Waals surface area contributed by atoms with Gasteiger partial charge < -0.3 is 21.9 Å². The van der Waals surface area contributed by atoms with Crippen molar-refractivity contribution in [3.8, 4) is 11.1 Å². The van der Waals surface area contributed by atoms with Crippen molar-refractivity contribution < 1.29 is 19.5 Å². The number of fused-ring (bicyclic) bond motifs is 1. The van der Waals surface area contributed by atoms with E-state index in [4.69, 9.17) is 21.4 Å². The summed E-state index contributed by atoms with van der Waals surface area (Å²) < 4.78 is 0. The van der Waals surface area contributed by atoms with Crippen molar-refractivity contribution >= 4 is 23.5 Å². The van der Waals surface area contributed by atoms with Gasteiger partial charge in [0, 0.05) is 37.5 Å². The van der Waals surface area contributed by atoms with Gasteiger partial charge in [0.1, 0.15) is 11.7 Å². The maximum Gasteiger partial charge on any atom is 0.404 e. The van der Waals surface area contributed by atoms with E-state index in [-0.39, 0.29) is 25.6 Å². The lowest BCUT2D eigenvalue weighted by atomic mass is 9.94. The molecular weight excluding hydrogens is 426 g/mol. The van der Waals surface area contributed by atoms with Gasteiger partial charge in [-0.05, 0) is 30.0 Å². The lowest BCUT2D eigenvalue weighted by Crippen LogP contribution is -2.40. The molecule has 1 aromatic carbocycles. The summed E-state index contributed by atoms with van der Waals surface area (Å²) >= 11 is 0. The summed E-state index contributed by atoms with van der Waals surface area (Å²) in [6, 6.07) is 5.79. The monoisotopic (exact) mass is 455 g/mol. The Morgan fingerprint density at radius 2 is 2.00 bits per heavy atom. The summed E-state index contributed by atoms with van der Waals surface area (Å²) in [6.45, 7) is 2.74. The number of amides is 2. The maximum absolute atomic E-state index is 13.2. The average Bonchev–Trinajstić information content (AvgIpc) is 2.97. The van der Waals surface area contributed by atoms with Crippen LogP contribution in [0.4, 0.5) is 10.5 Å². The molecule has 1 aromatic heterocycles. The van der Waals surface area contributed by atoms with Crippen LogP contribution in [0.5, 0.6) is 0 Å². The van der Waals surface area contributed by atoms with Crippen LogP contribution in [0.3, 0.4) is 0 Å². The Morgan fingerprint density at radius 3 is 2.67 bits per heavy atom. The lowest BCUT2D eigenvalue weighted by Gasteiger charge is -2.26. The fourth-order valence-electron chi connectivity index (χ4n) is 3.55. The van der Waals surface area contributed by atoms with E-state index in [0.29, 0.717) is 43.2 Å². The van der Waals surface area contributed by atoms with Gasteiger partial charge in [-0.3, -0.25) is 9.63 Å². The SMILES string of the molecule is CCCN(OCCNC(=O)O)C(=O)C1CC(N)=Nc2cc(-c3cnc(CN)nc3)ccc2C1. The van der Waals surface area contributed by atoms with Gasteiger partial charge in [-0.1, -0.05) is 19.1 Å². The second kappa shape index (κ2) is 11.3. The first kappa shape index (κ1) is 24.1. The molecule has 1 atom stereocenters. The van der Waals surface area contributed by atoms with Gasteiger partial charge in [0.2, 0.25) is 5.91 Å². The Morgan fingerprint density at radius 1 is 1.24 bits per heavy atom. The molecule has 6 N–H and O–H groups in total. The van der Waals surface area contributed by atoms with Crippen LogP contribution < -0.4 is 16.8 Å². The minimum Gasteiger partial charge on any atom is -0.465 e. The number of carbonyl (C=O) groups is 2. The van der Waals surface area contributed by atoms with Crippen LogP contribution in [-0.4, -0.2) is 57.7 Å². The van der Waals surface area contributed by atoms with Gasteiger partial charge >= 0.3 is 6.09 Å². The minimum absolute atomic E-state index is 0.0549. The molecule has 0 fully saturated rings. The zero-order chi connectivity index (χ0) is 23.8. The molecule has 1 unspecified atom stereocenters. The number of rotatable bonds is 9. The highest BCUT2D eigenvalue weighted by Gasteiger charge is 2.29. The van der Waals surface area contributed by atoms with Crippen LogP contribution in [0.25, 0.3) is 11.1 Å². The quantitative estimate of drug-likeness (QED) is 0.326. The largest absolute Gasteiger partial charge is 0.465 e. The molecular formula is C22H29N7O4. The second-order valence-corrected chi connectivity index (χ2v) is 7.65. The number of nitrogens with two attached hydrogens (primary N) is 2. The topological polar surface area (TPSA) is 169 Å². The molecule has 33 heavy (non-hydrogen) atoms. The molecule has 3 rings (SSSR count).